The maximum Gasteiger partial charge on any atom is 0.331 e. The van der Waals surface area contributed by atoms with Crippen LogP contribution in [0.4, 0.5) is 5.69 Å². The van der Waals surface area contributed by atoms with Crippen molar-refractivity contribution in [2.24, 2.45) is 18.4 Å². The summed E-state index contributed by atoms with van der Waals surface area (Å²) in [7, 11) is 5.41. The summed E-state index contributed by atoms with van der Waals surface area (Å²) in [6.45, 7) is 15.2. The smallest absolute Gasteiger partial charge is 0.331 e. The van der Waals surface area contributed by atoms with Crippen molar-refractivity contribution in [2.75, 3.05) is 17.6 Å². The molecule has 0 bridgehead atoms. The minimum Gasteiger partial charge on any atom is -0.478 e. The Morgan fingerprint density at radius 3 is 2.17 bits per heavy atom. The Labute approximate surface area is 252 Å². The van der Waals surface area contributed by atoms with Gasteiger partial charge in [0.2, 0.25) is 11.8 Å². The Hall–Kier alpha value is -2.60. The molecule has 0 unspecified atom stereocenters. The Morgan fingerprint density at radius 2 is 1.70 bits per heavy atom. The number of aliphatic carboxylic acids is 1. The van der Waals surface area contributed by atoms with Crippen molar-refractivity contribution in [1.82, 2.24) is 20.1 Å². The van der Waals surface area contributed by atoms with Crippen molar-refractivity contribution in [3.8, 4) is 0 Å². The molecule has 4 N–H and O–H groups in total. The number of aryl methyl sites for hydroxylation is 1. The second kappa shape index (κ2) is 12.9. The van der Waals surface area contributed by atoms with Crippen molar-refractivity contribution in [3.63, 3.8) is 0 Å². The zero-order chi connectivity index (χ0) is 30.7. The summed E-state index contributed by atoms with van der Waals surface area (Å²) in [6, 6.07) is 4.23. The van der Waals surface area contributed by atoms with E-state index in [4.69, 9.17) is 0 Å². The Kier molecular flexibility index (Phi) is 10.9. The highest BCUT2D eigenvalue weighted by molar-refractivity contribution is 14.1. The van der Waals surface area contributed by atoms with Crippen LogP contribution in [-0.4, -0.2) is 64.6 Å². The molecule has 2 amide bonds. The predicted octanol–water partition coefficient (Wildman–Crippen LogP) is 4.85. The largest absolute Gasteiger partial charge is 0.478 e. The van der Waals surface area contributed by atoms with Crippen molar-refractivity contribution in [1.29, 1.82) is 0 Å². The Balaban J connectivity index is 2.47. The van der Waals surface area contributed by atoms with Gasteiger partial charge >= 0.3 is 5.97 Å². The molecule has 3 atom stereocenters. The molecule has 0 radical (unpaired) electrons. The van der Waals surface area contributed by atoms with Gasteiger partial charge in [-0.3, -0.25) is 9.59 Å². The highest BCUT2D eigenvalue weighted by atomic mass is 127. The molecular formula is C30H46IN5O4. The molecule has 1 aromatic carbocycles. The van der Waals surface area contributed by atoms with Gasteiger partial charge in [0.05, 0.1) is 34.9 Å². The number of aromatic nitrogens is 1. The summed E-state index contributed by atoms with van der Waals surface area (Å²) < 4.78 is 5.22. The Morgan fingerprint density at radius 1 is 1.10 bits per heavy atom. The third-order valence-electron chi connectivity index (χ3n) is 7.70. The molecule has 1 aromatic heterocycles. The lowest BCUT2D eigenvalue weighted by atomic mass is 9.76. The number of amides is 2. The summed E-state index contributed by atoms with van der Waals surface area (Å²) in [5.41, 5.74) is 1.97. The highest BCUT2D eigenvalue weighted by Crippen LogP contribution is 2.36. The number of carboxylic acid groups (broad SMARTS) is 1. The van der Waals surface area contributed by atoms with Gasteiger partial charge in [0, 0.05) is 47.9 Å². The molecule has 2 aromatic rings. The lowest BCUT2D eigenvalue weighted by molar-refractivity contribution is -0.141. The van der Waals surface area contributed by atoms with Crippen LogP contribution in [0.1, 0.15) is 61.0 Å². The van der Waals surface area contributed by atoms with Gasteiger partial charge in [0.1, 0.15) is 6.04 Å². The van der Waals surface area contributed by atoms with Crippen molar-refractivity contribution in [2.45, 2.75) is 78.9 Å². The van der Waals surface area contributed by atoms with Crippen LogP contribution in [0.3, 0.4) is 0 Å². The zero-order valence-corrected chi connectivity index (χ0v) is 27.8. The summed E-state index contributed by atoms with van der Waals surface area (Å²) in [6.07, 6.45) is 3.66. The standard InChI is InChI=1S/C30H46IN5O4/c1-17(2)23(14-18(3)28(39)40)36(11)27(38)25(29(4,5)6)33-26(37)24(32-9)30(7,8)21-16-35(10)22-13-12-19(34-31)15-20(21)22/h12-17,23-25,32,34H,1-11H3,(H,33,37)(H,39,40)/b18-14+/t23-,24+,25-/m1/s1. The minimum absolute atomic E-state index is 0.0307. The predicted molar refractivity (Wildman–Crippen MR) is 171 cm³/mol. The number of carbonyl (C=O) groups excluding carboxylic acids is 2. The maximum atomic E-state index is 14.0. The number of rotatable bonds is 11. The van der Waals surface area contributed by atoms with E-state index < -0.39 is 34.9 Å². The average molecular weight is 668 g/mol. The van der Waals surface area contributed by atoms with Gasteiger partial charge < -0.3 is 28.7 Å². The van der Waals surface area contributed by atoms with E-state index >= 15 is 0 Å². The number of benzene rings is 1. The molecular weight excluding hydrogens is 621 g/mol. The molecule has 1 heterocycles. The second-order valence-corrected chi connectivity index (χ2v) is 13.1. The van der Waals surface area contributed by atoms with E-state index in [-0.39, 0.29) is 23.3 Å². The van der Waals surface area contributed by atoms with Gasteiger partial charge in [-0.15, -0.1) is 0 Å². The fraction of sp³-hybridized carbons (Fsp3) is 0.567. The molecule has 0 spiro atoms. The molecule has 0 saturated carbocycles. The number of nitrogens with zero attached hydrogens (tertiary/aromatic N) is 2. The Bertz CT molecular complexity index is 1270. The highest BCUT2D eigenvalue weighted by Gasteiger charge is 2.42. The maximum absolute atomic E-state index is 14.0. The molecule has 0 saturated heterocycles. The van der Waals surface area contributed by atoms with Gasteiger partial charge in [-0.1, -0.05) is 54.5 Å². The van der Waals surface area contributed by atoms with Crippen LogP contribution < -0.4 is 14.2 Å². The van der Waals surface area contributed by atoms with Crippen LogP contribution in [0.2, 0.25) is 0 Å². The van der Waals surface area contributed by atoms with Crippen molar-refractivity contribution in [3.05, 3.63) is 41.6 Å². The van der Waals surface area contributed by atoms with E-state index in [1.807, 2.05) is 61.6 Å². The zero-order valence-electron chi connectivity index (χ0n) is 25.6. The SMILES string of the molecule is CN[C@@H](C(=O)N[C@H](C(=O)N(C)[C@H](/C=C(\C)C(=O)O)C(C)C)C(C)(C)C)C(C)(C)c1cn(C)c2ccc(NI)cc12. The number of likely N-dealkylation sites (N-methyl/N-ethyl adjacent to an activating group) is 2. The summed E-state index contributed by atoms with van der Waals surface area (Å²) >= 11 is 2.10. The quantitative estimate of drug-likeness (QED) is 0.155. The van der Waals surface area contributed by atoms with E-state index in [0.29, 0.717) is 0 Å². The molecule has 0 fully saturated rings. The van der Waals surface area contributed by atoms with Crippen LogP contribution in [0.15, 0.2) is 36.0 Å². The van der Waals surface area contributed by atoms with Crippen LogP contribution in [0, 0.1) is 11.3 Å². The van der Waals surface area contributed by atoms with Crippen molar-refractivity contribution >= 4 is 57.2 Å². The fourth-order valence-electron chi connectivity index (χ4n) is 5.24. The first-order chi connectivity index (χ1) is 18.4. The number of hydrogen-bond acceptors (Lipinski definition) is 5. The van der Waals surface area contributed by atoms with Gasteiger partial charge in [-0.2, -0.15) is 0 Å². The third-order valence-corrected chi connectivity index (χ3v) is 8.32. The van der Waals surface area contributed by atoms with Crippen LogP contribution in [0.5, 0.6) is 0 Å². The fourth-order valence-corrected chi connectivity index (χ4v) is 5.58. The first-order valence-electron chi connectivity index (χ1n) is 13.5. The van der Waals surface area contributed by atoms with E-state index in [0.717, 1.165) is 22.2 Å². The molecule has 0 aliphatic rings. The lowest BCUT2D eigenvalue weighted by Crippen LogP contribution is -2.61. The van der Waals surface area contributed by atoms with Gasteiger partial charge in [0.15, 0.2) is 0 Å². The average Bonchev–Trinajstić information content (AvgIpc) is 3.20. The molecule has 0 aliphatic carbocycles. The first kappa shape index (κ1) is 33.6. The number of carboxylic acids is 1. The topological polar surface area (TPSA) is 116 Å². The molecule has 0 aliphatic heterocycles. The first-order valence-corrected chi connectivity index (χ1v) is 14.6. The van der Waals surface area contributed by atoms with Gasteiger partial charge in [-0.25, -0.2) is 4.79 Å². The van der Waals surface area contributed by atoms with Gasteiger partial charge in [0.25, 0.3) is 0 Å². The number of halogens is 1. The number of nitrogens with one attached hydrogen (secondary N) is 3. The normalized spacial score (nSPS) is 15.1. The van der Waals surface area contributed by atoms with E-state index in [1.54, 1.807) is 25.1 Å². The molecule has 2 rings (SSSR count). The van der Waals surface area contributed by atoms with E-state index in [9.17, 15) is 19.5 Å². The lowest BCUT2D eigenvalue weighted by Gasteiger charge is -2.39. The summed E-state index contributed by atoms with van der Waals surface area (Å²) in [5, 5.41) is 16.7. The number of fused-ring (bicyclic) bond motifs is 1. The minimum atomic E-state index is -1.03. The second-order valence-electron chi connectivity index (χ2n) is 12.6. The molecule has 222 valence electrons. The van der Waals surface area contributed by atoms with Crippen LogP contribution >= 0.6 is 22.9 Å². The molecule has 40 heavy (non-hydrogen) atoms. The van der Waals surface area contributed by atoms with E-state index in [2.05, 4.69) is 59.9 Å². The number of hydrogen-bond donors (Lipinski definition) is 4. The summed E-state index contributed by atoms with van der Waals surface area (Å²) in [5.74, 6) is -1.62. The van der Waals surface area contributed by atoms with Crippen molar-refractivity contribution < 1.29 is 19.5 Å². The molecule has 10 heteroatoms. The number of carbonyl (C=O) groups is 3. The van der Waals surface area contributed by atoms with Gasteiger partial charge in [-0.05, 0) is 49.1 Å². The third kappa shape index (κ3) is 7.18. The van der Waals surface area contributed by atoms with Crippen LogP contribution in [0.25, 0.3) is 10.9 Å². The summed E-state index contributed by atoms with van der Waals surface area (Å²) in [4.78, 5) is 40.9. The monoisotopic (exact) mass is 667 g/mol. The van der Waals surface area contributed by atoms with E-state index in [1.165, 1.54) is 6.92 Å². The number of anilines is 1. The van der Waals surface area contributed by atoms with Crippen LogP contribution in [-0.2, 0) is 26.8 Å². The molecule has 9 nitrogen and oxygen atoms in total.